The van der Waals surface area contributed by atoms with Gasteiger partial charge in [-0.15, -0.1) is 0 Å². The number of rotatable bonds is 2. The molecule has 0 saturated carbocycles. The van der Waals surface area contributed by atoms with E-state index in [1.807, 2.05) is 49.3 Å². The summed E-state index contributed by atoms with van der Waals surface area (Å²) in [5.41, 5.74) is 9.97. The van der Waals surface area contributed by atoms with E-state index in [9.17, 15) is 0 Å². The molecular weight excluding hydrogens is 198 g/mol. The predicted octanol–water partition coefficient (Wildman–Crippen LogP) is 2.74. The summed E-state index contributed by atoms with van der Waals surface area (Å²) in [5, 5.41) is 0. The summed E-state index contributed by atoms with van der Waals surface area (Å²) >= 11 is 0. The number of hydrogen-bond donors (Lipinski definition) is 1. The van der Waals surface area contributed by atoms with Gasteiger partial charge in [-0.3, -0.25) is 4.98 Å². The predicted molar refractivity (Wildman–Crippen MR) is 67.9 cm³/mol. The first kappa shape index (κ1) is 10.5. The monoisotopic (exact) mass is 213 g/mol. The molecule has 3 heteroatoms. The van der Waals surface area contributed by atoms with E-state index in [4.69, 9.17) is 5.73 Å². The zero-order chi connectivity index (χ0) is 11.5. The number of aryl methyl sites for hydroxylation is 1. The van der Waals surface area contributed by atoms with Crippen molar-refractivity contribution in [2.45, 2.75) is 6.92 Å². The SMILES string of the molecule is Cc1ccc(N(C)c2cccnc2)c(N)c1. The fourth-order valence-corrected chi connectivity index (χ4v) is 1.67. The lowest BCUT2D eigenvalue weighted by atomic mass is 10.2. The van der Waals surface area contributed by atoms with E-state index in [0.29, 0.717) is 0 Å². The number of pyridine rings is 1. The van der Waals surface area contributed by atoms with Gasteiger partial charge in [-0.1, -0.05) is 6.07 Å². The van der Waals surface area contributed by atoms with Crippen LogP contribution in [0.5, 0.6) is 0 Å². The van der Waals surface area contributed by atoms with Crippen LogP contribution in [-0.4, -0.2) is 12.0 Å². The van der Waals surface area contributed by atoms with Crippen LogP contribution in [0, 0.1) is 6.92 Å². The molecular formula is C13H15N3. The average molecular weight is 213 g/mol. The number of nitrogen functional groups attached to an aromatic ring is 1. The smallest absolute Gasteiger partial charge is 0.0642 e. The van der Waals surface area contributed by atoms with E-state index in [2.05, 4.69) is 11.1 Å². The van der Waals surface area contributed by atoms with Gasteiger partial charge in [0.15, 0.2) is 0 Å². The molecule has 0 unspecified atom stereocenters. The molecule has 0 aliphatic carbocycles. The largest absolute Gasteiger partial charge is 0.397 e. The molecule has 0 amide bonds. The van der Waals surface area contributed by atoms with Crippen LogP contribution in [0.1, 0.15) is 5.56 Å². The summed E-state index contributed by atoms with van der Waals surface area (Å²) in [6.45, 7) is 2.03. The Morgan fingerprint density at radius 3 is 2.69 bits per heavy atom. The highest BCUT2D eigenvalue weighted by Crippen LogP contribution is 2.28. The van der Waals surface area contributed by atoms with Gasteiger partial charge >= 0.3 is 0 Å². The zero-order valence-electron chi connectivity index (χ0n) is 9.51. The molecule has 2 rings (SSSR count). The van der Waals surface area contributed by atoms with Crippen LogP contribution in [0.25, 0.3) is 0 Å². The number of hydrogen-bond acceptors (Lipinski definition) is 3. The molecule has 0 saturated heterocycles. The Hall–Kier alpha value is -2.03. The fraction of sp³-hybridized carbons (Fsp3) is 0.154. The Bertz CT molecular complexity index is 480. The molecule has 0 fully saturated rings. The Balaban J connectivity index is 2.38. The highest BCUT2D eigenvalue weighted by Gasteiger charge is 2.06. The molecule has 2 N–H and O–H groups in total. The Morgan fingerprint density at radius 1 is 1.25 bits per heavy atom. The number of anilines is 3. The van der Waals surface area contributed by atoms with Crippen LogP contribution >= 0.6 is 0 Å². The van der Waals surface area contributed by atoms with Crippen molar-refractivity contribution < 1.29 is 0 Å². The van der Waals surface area contributed by atoms with Gasteiger partial charge in [0.1, 0.15) is 0 Å². The second kappa shape index (κ2) is 4.23. The first-order valence-electron chi connectivity index (χ1n) is 5.18. The highest BCUT2D eigenvalue weighted by molar-refractivity contribution is 5.74. The number of aromatic nitrogens is 1. The second-order valence-electron chi connectivity index (χ2n) is 3.83. The van der Waals surface area contributed by atoms with Crippen molar-refractivity contribution in [3.05, 3.63) is 48.3 Å². The number of benzene rings is 1. The lowest BCUT2D eigenvalue weighted by Crippen LogP contribution is -2.11. The van der Waals surface area contributed by atoms with Crippen LogP contribution in [0.2, 0.25) is 0 Å². The van der Waals surface area contributed by atoms with Gasteiger partial charge in [-0.2, -0.15) is 0 Å². The van der Waals surface area contributed by atoms with Crippen LogP contribution in [0.4, 0.5) is 17.1 Å². The maximum Gasteiger partial charge on any atom is 0.0642 e. The van der Waals surface area contributed by atoms with E-state index in [1.165, 1.54) is 5.56 Å². The molecule has 82 valence electrons. The Labute approximate surface area is 95.5 Å². The van der Waals surface area contributed by atoms with Crippen LogP contribution in [0.3, 0.4) is 0 Å². The Morgan fingerprint density at radius 2 is 2.06 bits per heavy atom. The van der Waals surface area contributed by atoms with Crippen molar-refractivity contribution in [1.29, 1.82) is 0 Å². The first-order chi connectivity index (χ1) is 7.68. The van der Waals surface area contributed by atoms with Crippen LogP contribution in [0.15, 0.2) is 42.7 Å². The molecule has 0 bridgehead atoms. The highest BCUT2D eigenvalue weighted by atomic mass is 15.1. The molecule has 1 heterocycles. The van der Waals surface area contributed by atoms with Crippen molar-refractivity contribution in [3.63, 3.8) is 0 Å². The number of nitrogens with two attached hydrogens (primary N) is 1. The van der Waals surface area contributed by atoms with E-state index < -0.39 is 0 Å². The third-order valence-corrected chi connectivity index (χ3v) is 2.58. The number of nitrogens with zero attached hydrogens (tertiary/aromatic N) is 2. The average Bonchev–Trinajstić information content (AvgIpc) is 2.29. The van der Waals surface area contributed by atoms with Gasteiger partial charge in [-0.05, 0) is 36.8 Å². The minimum Gasteiger partial charge on any atom is -0.397 e. The van der Waals surface area contributed by atoms with Gasteiger partial charge in [0, 0.05) is 13.2 Å². The van der Waals surface area contributed by atoms with E-state index >= 15 is 0 Å². The molecule has 0 spiro atoms. The topological polar surface area (TPSA) is 42.2 Å². The summed E-state index contributed by atoms with van der Waals surface area (Å²) in [6.07, 6.45) is 3.58. The van der Waals surface area contributed by atoms with Gasteiger partial charge < -0.3 is 10.6 Å². The van der Waals surface area contributed by atoms with Crippen molar-refractivity contribution in [2.24, 2.45) is 0 Å². The zero-order valence-corrected chi connectivity index (χ0v) is 9.51. The molecule has 2 aromatic rings. The van der Waals surface area contributed by atoms with Gasteiger partial charge in [0.2, 0.25) is 0 Å². The van der Waals surface area contributed by atoms with E-state index in [1.54, 1.807) is 6.20 Å². The van der Waals surface area contributed by atoms with Crippen LogP contribution in [-0.2, 0) is 0 Å². The summed E-state index contributed by atoms with van der Waals surface area (Å²) in [4.78, 5) is 6.13. The van der Waals surface area contributed by atoms with E-state index in [0.717, 1.165) is 17.1 Å². The third kappa shape index (κ3) is 1.98. The minimum absolute atomic E-state index is 0.784. The van der Waals surface area contributed by atoms with E-state index in [-0.39, 0.29) is 0 Å². The molecule has 16 heavy (non-hydrogen) atoms. The lowest BCUT2D eigenvalue weighted by Gasteiger charge is -2.21. The lowest BCUT2D eigenvalue weighted by molar-refractivity contribution is 1.17. The Kier molecular flexibility index (Phi) is 2.77. The van der Waals surface area contributed by atoms with Crippen molar-refractivity contribution >= 4 is 17.1 Å². The molecule has 0 aliphatic heterocycles. The third-order valence-electron chi connectivity index (χ3n) is 2.58. The van der Waals surface area contributed by atoms with Crippen LogP contribution < -0.4 is 10.6 Å². The summed E-state index contributed by atoms with van der Waals surface area (Å²) < 4.78 is 0. The molecule has 0 atom stereocenters. The van der Waals surface area contributed by atoms with Gasteiger partial charge in [-0.25, -0.2) is 0 Å². The maximum atomic E-state index is 6.00. The van der Waals surface area contributed by atoms with Crippen molar-refractivity contribution in [1.82, 2.24) is 4.98 Å². The fourth-order valence-electron chi connectivity index (χ4n) is 1.67. The van der Waals surface area contributed by atoms with Crippen molar-refractivity contribution in [2.75, 3.05) is 17.7 Å². The molecule has 1 aromatic heterocycles. The first-order valence-corrected chi connectivity index (χ1v) is 5.18. The minimum atomic E-state index is 0.784. The standard InChI is InChI=1S/C13H15N3/c1-10-5-6-13(12(14)8-10)16(2)11-4-3-7-15-9-11/h3-9H,14H2,1-2H3. The van der Waals surface area contributed by atoms with Gasteiger partial charge in [0.25, 0.3) is 0 Å². The maximum absolute atomic E-state index is 6.00. The quantitative estimate of drug-likeness (QED) is 0.780. The summed E-state index contributed by atoms with van der Waals surface area (Å²) in [6, 6.07) is 9.97. The molecule has 3 nitrogen and oxygen atoms in total. The van der Waals surface area contributed by atoms with Gasteiger partial charge in [0.05, 0.1) is 23.3 Å². The molecule has 0 aliphatic rings. The summed E-state index contributed by atoms with van der Waals surface area (Å²) in [5.74, 6) is 0. The van der Waals surface area contributed by atoms with Crippen molar-refractivity contribution in [3.8, 4) is 0 Å². The molecule has 0 radical (unpaired) electrons. The molecule has 1 aromatic carbocycles. The normalized spacial score (nSPS) is 10.1. The second-order valence-corrected chi connectivity index (χ2v) is 3.83. The summed E-state index contributed by atoms with van der Waals surface area (Å²) in [7, 11) is 1.98.